The maximum absolute atomic E-state index is 9.83. The van der Waals surface area contributed by atoms with Crippen molar-refractivity contribution < 1.29 is 19.7 Å². The second kappa shape index (κ2) is 6.33. The molecule has 1 rings (SSSR count). The van der Waals surface area contributed by atoms with Gasteiger partial charge in [0.25, 0.3) is 0 Å². The van der Waals surface area contributed by atoms with Gasteiger partial charge in [0.1, 0.15) is 6.10 Å². The molecule has 2 atom stereocenters. The average Bonchev–Trinajstić information content (AvgIpc) is 2.39. The van der Waals surface area contributed by atoms with E-state index in [2.05, 4.69) is 0 Å². The van der Waals surface area contributed by atoms with E-state index in [1.807, 2.05) is 0 Å². The number of hydrogen-bond acceptors (Lipinski definition) is 5. The van der Waals surface area contributed by atoms with Crippen LogP contribution in [-0.2, 0) is 9.47 Å². The number of aliphatic hydroxyl groups is 2. The van der Waals surface area contributed by atoms with Crippen LogP contribution in [0.3, 0.4) is 0 Å². The van der Waals surface area contributed by atoms with Gasteiger partial charge in [0, 0.05) is 19.8 Å². The molecular formula is C12H15NO4. The molecule has 0 bridgehead atoms. The lowest BCUT2D eigenvalue weighted by Crippen LogP contribution is -2.19. The summed E-state index contributed by atoms with van der Waals surface area (Å²) in [5, 5.41) is 27.8. The predicted molar refractivity (Wildman–Crippen MR) is 59.8 cm³/mol. The highest BCUT2D eigenvalue weighted by Gasteiger charge is 2.23. The highest BCUT2D eigenvalue weighted by Crippen LogP contribution is 2.27. The van der Waals surface area contributed by atoms with Gasteiger partial charge in [0.2, 0.25) is 0 Å². The Hall–Kier alpha value is -1.45. The molecule has 2 N–H and O–H groups in total. The first-order valence-electron chi connectivity index (χ1n) is 5.05. The van der Waals surface area contributed by atoms with Crippen molar-refractivity contribution in [1.29, 1.82) is 5.26 Å². The van der Waals surface area contributed by atoms with E-state index in [-0.39, 0.29) is 0 Å². The molecule has 1 aromatic rings. The first kappa shape index (κ1) is 13.6. The van der Waals surface area contributed by atoms with E-state index in [1.54, 1.807) is 30.3 Å². The first-order valence-corrected chi connectivity index (χ1v) is 5.05. The summed E-state index contributed by atoms with van der Waals surface area (Å²) in [7, 11) is 2.94. The normalized spacial score (nSPS) is 14.4. The molecule has 17 heavy (non-hydrogen) atoms. The van der Waals surface area contributed by atoms with Crippen LogP contribution in [0.15, 0.2) is 24.3 Å². The number of methoxy groups -OCH3 is 2. The fourth-order valence-electron chi connectivity index (χ4n) is 1.59. The maximum Gasteiger partial charge on any atom is 0.183 e. The molecule has 92 valence electrons. The summed E-state index contributed by atoms with van der Waals surface area (Å²) in [6.45, 7) is 0. The van der Waals surface area contributed by atoms with Gasteiger partial charge in [-0.05, 0) is 5.56 Å². The smallest absolute Gasteiger partial charge is 0.183 e. The minimum Gasteiger partial charge on any atom is -0.385 e. The van der Waals surface area contributed by atoms with Gasteiger partial charge in [-0.25, -0.2) is 0 Å². The van der Waals surface area contributed by atoms with Crippen LogP contribution >= 0.6 is 0 Å². The third kappa shape index (κ3) is 3.02. The predicted octanol–water partition coefficient (Wildman–Crippen LogP) is 0.896. The quantitative estimate of drug-likeness (QED) is 0.587. The van der Waals surface area contributed by atoms with Crippen LogP contribution in [0.5, 0.6) is 0 Å². The number of aliphatic hydroxyl groups excluding tert-OH is 2. The van der Waals surface area contributed by atoms with Gasteiger partial charge in [-0.3, -0.25) is 0 Å². The van der Waals surface area contributed by atoms with E-state index in [0.29, 0.717) is 11.1 Å². The molecular weight excluding hydrogens is 222 g/mol. The summed E-state index contributed by atoms with van der Waals surface area (Å²) in [5.41, 5.74) is 0.995. The Balaban J connectivity index is 3.12. The van der Waals surface area contributed by atoms with Gasteiger partial charge >= 0.3 is 0 Å². The topological polar surface area (TPSA) is 82.7 Å². The zero-order valence-electron chi connectivity index (χ0n) is 9.70. The number of nitrogens with zero attached hydrogens (tertiary/aromatic N) is 1. The van der Waals surface area contributed by atoms with E-state index in [1.165, 1.54) is 14.2 Å². The Morgan fingerprint density at radius 2 is 1.65 bits per heavy atom. The third-order valence-corrected chi connectivity index (χ3v) is 2.43. The number of rotatable bonds is 5. The molecule has 5 heteroatoms. The molecule has 0 aliphatic heterocycles. The fraction of sp³-hybridized carbons (Fsp3) is 0.417. The molecule has 0 saturated carbocycles. The van der Waals surface area contributed by atoms with E-state index in [9.17, 15) is 10.2 Å². The van der Waals surface area contributed by atoms with Crippen molar-refractivity contribution in [2.45, 2.75) is 18.5 Å². The van der Waals surface area contributed by atoms with Crippen molar-refractivity contribution in [1.82, 2.24) is 0 Å². The largest absolute Gasteiger partial charge is 0.385 e. The van der Waals surface area contributed by atoms with Gasteiger partial charge in [0.05, 0.1) is 6.07 Å². The SMILES string of the molecule is COC(OC)c1ccccc1C(O)C(O)C#N. The summed E-state index contributed by atoms with van der Waals surface area (Å²) in [6, 6.07) is 8.38. The average molecular weight is 237 g/mol. The molecule has 0 amide bonds. The van der Waals surface area contributed by atoms with Crippen LogP contribution in [0.25, 0.3) is 0 Å². The van der Waals surface area contributed by atoms with Crippen molar-refractivity contribution in [3.63, 3.8) is 0 Å². The molecule has 0 radical (unpaired) electrons. The van der Waals surface area contributed by atoms with Crippen LogP contribution in [-0.4, -0.2) is 30.5 Å². The molecule has 5 nitrogen and oxygen atoms in total. The monoisotopic (exact) mass is 237 g/mol. The lowest BCUT2D eigenvalue weighted by atomic mass is 9.98. The van der Waals surface area contributed by atoms with E-state index in [0.717, 1.165) is 0 Å². The third-order valence-electron chi connectivity index (χ3n) is 2.43. The Morgan fingerprint density at radius 1 is 1.12 bits per heavy atom. The first-order chi connectivity index (χ1) is 8.15. The minimum atomic E-state index is -1.48. The number of ether oxygens (including phenoxy) is 2. The summed E-state index contributed by atoms with van der Waals surface area (Å²) >= 11 is 0. The molecule has 0 aliphatic carbocycles. The zero-order chi connectivity index (χ0) is 12.8. The molecule has 0 spiro atoms. The van der Waals surface area contributed by atoms with E-state index >= 15 is 0 Å². The minimum absolute atomic E-state index is 0.412. The molecule has 2 unspecified atom stereocenters. The van der Waals surface area contributed by atoms with Gasteiger partial charge < -0.3 is 19.7 Å². The lowest BCUT2D eigenvalue weighted by molar-refractivity contribution is -0.107. The van der Waals surface area contributed by atoms with Crippen molar-refractivity contribution in [3.05, 3.63) is 35.4 Å². The van der Waals surface area contributed by atoms with Gasteiger partial charge in [0.15, 0.2) is 12.4 Å². The highest BCUT2D eigenvalue weighted by atomic mass is 16.7. The summed E-state index contributed by atoms with van der Waals surface area (Å²) in [5.74, 6) is 0. The fourth-order valence-corrected chi connectivity index (χ4v) is 1.59. The van der Waals surface area contributed by atoms with Crippen molar-refractivity contribution >= 4 is 0 Å². The second-order valence-electron chi connectivity index (χ2n) is 3.45. The molecule has 1 aromatic carbocycles. The van der Waals surface area contributed by atoms with Crippen LogP contribution in [0.2, 0.25) is 0 Å². The maximum atomic E-state index is 9.83. The molecule has 0 aromatic heterocycles. The van der Waals surface area contributed by atoms with Crippen molar-refractivity contribution in [2.24, 2.45) is 0 Å². The van der Waals surface area contributed by atoms with Crippen LogP contribution in [0.4, 0.5) is 0 Å². The Labute approximate surface area is 99.8 Å². The van der Waals surface area contributed by atoms with Crippen molar-refractivity contribution in [2.75, 3.05) is 14.2 Å². The van der Waals surface area contributed by atoms with Crippen LogP contribution in [0.1, 0.15) is 23.5 Å². The number of hydrogen-bond donors (Lipinski definition) is 2. The van der Waals surface area contributed by atoms with Gasteiger partial charge in [-0.15, -0.1) is 0 Å². The number of benzene rings is 1. The summed E-state index contributed by atoms with van der Waals surface area (Å²) in [6.07, 6.45) is -3.42. The zero-order valence-corrected chi connectivity index (χ0v) is 9.70. The highest BCUT2D eigenvalue weighted by molar-refractivity contribution is 5.31. The van der Waals surface area contributed by atoms with E-state index in [4.69, 9.17) is 14.7 Å². The van der Waals surface area contributed by atoms with Gasteiger partial charge in [-0.1, -0.05) is 24.3 Å². The standard InChI is InChI=1S/C12H15NO4/c1-16-12(17-2)9-6-4-3-5-8(9)11(15)10(14)7-13/h3-6,10-12,14-15H,1-2H3. The Morgan fingerprint density at radius 3 is 2.12 bits per heavy atom. The summed E-state index contributed by atoms with van der Waals surface area (Å²) in [4.78, 5) is 0. The molecule has 0 fully saturated rings. The van der Waals surface area contributed by atoms with Gasteiger partial charge in [-0.2, -0.15) is 5.26 Å². The lowest BCUT2D eigenvalue weighted by Gasteiger charge is -2.21. The second-order valence-corrected chi connectivity index (χ2v) is 3.45. The van der Waals surface area contributed by atoms with Crippen LogP contribution < -0.4 is 0 Å². The molecule has 0 saturated heterocycles. The summed E-state index contributed by atoms with van der Waals surface area (Å²) < 4.78 is 10.2. The van der Waals surface area contributed by atoms with Crippen LogP contribution in [0, 0.1) is 11.3 Å². The van der Waals surface area contributed by atoms with E-state index < -0.39 is 18.5 Å². The number of nitriles is 1. The molecule has 0 heterocycles. The molecule has 0 aliphatic rings. The van der Waals surface area contributed by atoms with Crippen molar-refractivity contribution in [3.8, 4) is 6.07 Å². The Bertz CT molecular complexity index is 398. The Kier molecular flexibility index (Phi) is 5.07.